The SMILES string of the molecule is C=C(C)CCOc1cc(C)nc(NCCC)n1. The van der Waals surface area contributed by atoms with Gasteiger partial charge in [0, 0.05) is 24.7 Å². The molecule has 0 aromatic carbocycles. The van der Waals surface area contributed by atoms with E-state index >= 15 is 0 Å². The van der Waals surface area contributed by atoms with Crippen molar-refractivity contribution in [1.29, 1.82) is 0 Å². The quantitative estimate of drug-likeness (QED) is 0.738. The maximum atomic E-state index is 5.57. The smallest absolute Gasteiger partial charge is 0.226 e. The zero-order valence-corrected chi connectivity index (χ0v) is 10.9. The van der Waals surface area contributed by atoms with E-state index in [0.717, 1.165) is 30.7 Å². The van der Waals surface area contributed by atoms with Crippen LogP contribution in [0.5, 0.6) is 5.88 Å². The fraction of sp³-hybridized carbons (Fsp3) is 0.538. The Hall–Kier alpha value is -1.58. The molecule has 1 aromatic rings. The molecule has 1 aromatic heterocycles. The van der Waals surface area contributed by atoms with Crippen LogP contribution in [0.15, 0.2) is 18.2 Å². The highest BCUT2D eigenvalue weighted by Crippen LogP contribution is 2.12. The van der Waals surface area contributed by atoms with Crippen molar-refractivity contribution in [3.05, 3.63) is 23.9 Å². The maximum absolute atomic E-state index is 5.57. The number of ether oxygens (including phenoxy) is 1. The van der Waals surface area contributed by atoms with Gasteiger partial charge in [0.25, 0.3) is 0 Å². The van der Waals surface area contributed by atoms with Crippen LogP contribution in [-0.4, -0.2) is 23.1 Å². The van der Waals surface area contributed by atoms with Crippen LogP contribution >= 0.6 is 0 Å². The van der Waals surface area contributed by atoms with E-state index in [0.29, 0.717) is 18.4 Å². The molecule has 4 nitrogen and oxygen atoms in total. The molecule has 0 bridgehead atoms. The molecule has 94 valence electrons. The number of rotatable bonds is 7. The van der Waals surface area contributed by atoms with Gasteiger partial charge in [-0.1, -0.05) is 12.5 Å². The number of aryl methyl sites for hydroxylation is 1. The molecule has 0 saturated heterocycles. The number of aromatic nitrogens is 2. The molecule has 0 aliphatic carbocycles. The first-order chi connectivity index (χ1) is 8.11. The standard InChI is InChI=1S/C13H21N3O/c1-5-7-14-13-15-11(4)9-12(16-13)17-8-6-10(2)3/h9H,2,5-8H2,1,3-4H3,(H,14,15,16). The van der Waals surface area contributed by atoms with Gasteiger partial charge in [-0.2, -0.15) is 4.98 Å². The Bertz CT molecular complexity index is 377. The fourth-order valence-electron chi connectivity index (χ4n) is 1.26. The minimum absolute atomic E-state index is 0.610. The molecule has 0 amide bonds. The average Bonchev–Trinajstić information content (AvgIpc) is 2.25. The van der Waals surface area contributed by atoms with E-state index in [2.05, 4.69) is 28.8 Å². The molecule has 1 rings (SSSR count). The molecule has 0 aliphatic heterocycles. The summed E-state index contributed by atoms with van der Waals surface area (Å²) >= 11 is 0. The van der Waals surface area contributed by atoms with Crippen LogP contribution in [0, 0.1) is 6.92 Å². The molecule has 0 saturated carbocycles. The third kappa shape index (κ3) is 5.33. The first-order valence-corrected chi connectivity index (χ1v) is 5.98. The Kier molecular flexibility index (Phi) is 5.46. The number of anilines is 1. The van der Waals surface area contributed by atoms with Gasteiger partial charge in [0.2, 0.25) is 11.8 Å². The highest BCUT2D eigenvalue weighted by atomic mass is 16.5. The van der Waals surface area contributed by atoms with Crippen LogP contribution in [0.25, 0.3) is 0 Å². The lowest BCUT2D eigenvalue weighted by Gasteiger charge is -2.08. The summed E-state index contributed by atoms with van der Waals surface area (Å²) in [6.45, 7) is 11.3. The van der Waals surface area contributed by atoms with Gasteiger partial charge in [-0.15, -0.1) is 6.58 Å². The van der Waals surface area contributed by atoms with Crippen molar-refractivity contribution in [2.75, 3.05) is 18.5 Å². The summed E-state index contributed by atoms with van der Waals surface area (Å²) in [6.07, 6.45) is 1.89. The van der Waals surface area contributed by atoms with Crippen LogP contribution in [0.2, 0.25) is 0 Å². The maximum Gasteiger partial charge on any atom is 0.226 e. The van der Waals surface area contributed by atoms with Gasteiger partial charge in [0.1, 0.15) is 0 Å². The van der Waals surface area contributed by atoms with Crippen molar-refractivity contribution in [3.63, 3.8) is 0 Å². The Morgan fingerprint density at radius 1 is 1.47 bits per heavy atom. The Balaban J connectivity index is 2.58. The van der Waals surface area contributed by atoms with Crippen LogP contribution in [0.4, 0.5) is 5.95 Å². The third-order valence-corrected chi connectivity index (χ3v) is 2.14. The number of hydrogen-bond acceptors (Lipinski definition) is 4. The second-order valence-corrected chi connectivity index (χ2v) is 4.15. The van der Waals surface area contributed by atoms with Crippen molar-refractivity contribution in [2.24, 2.45) is 0 Å². The first kappa shape index (κ1) is 13.5. The molecule has 4 heteroatoms. The molecule has 0 atom stereocenters. The Labute approximate surface area is 103 Å². The highest BCUT2D eigenvalue weighted by Gasteiger charge is 2.02. The average molecular weight is 235 g/mol. The van der Waals surface area contributed by atoms with Gasteiger partial charge in [-0.25, -0.2) is 4.98 Å². The van der Waals surface area contributed by atoms with E-state index in [1.807, 2.05) is 19.9 Å². The zero-order chi connectivity index (χ0) is 12.7. The van der Waals surface area contributed by atoms with Gasteiger partial charge < -0.3 is 10.1 Å². The summed E-state index contributed by atoms with van der Waals surface area (Å²) in [4.78, 5) is 8.59. The van der Waals surface area contributed by atoms with Gasteiger partial charge in [0.05, 0.1) is 6.61 Å². The van der Waals surface area contributed by atoms with Gasteiger partial charge in [0.15, 0.2) is 0 Å². The van der Waals surface area contributed by atoms with E-state index in [1.54, 1.807) is 0 Å². The lowest BCUT2D eigenvalue weighted by Crippen LogP contribution is -2.07. The Morgan fingerprint density at radius 3 is 2.88 bits per heavy atom. The summed E-state index contributed by atoms with van der Waals surface area (Å²) < 4.78 is 5.57. The van der Waals surface area contributed by atoms with Crippen LogP contribution in [0.3, 0.4) is 0 Å². The summed E-state index contributed by atoms with van der Waals surface area (Å²) in [7, 11) is 0. The lowest BCUT2D eigenvalue weighted by atomic mass is 10.3. The summed E-state index contributed by atoms with van der Waals surface area (Å²) in [5.74, 6) is 1.26. The van der Waals surface area contributed by atoms with E-state index in [9.17, 15) is 0 Å². The van der Waals surface area contributed by atoms with Crippen molar-refractivity contribution in [2.45, 2.75) is 33.6 Å². The third-order valence-electron chi connectivity index (χ3n) is 2.14. The number of nitrogens with zero attached hydrogens (tertiary/aromatic N) is 2. The predicted molar refractivity (Wildman–Crippen MR) is 70.5 cm³/mol. The number of nitrogens with one attached hydrogen (secondary N) is 1. The molecule has 0 unspecified atom stereocenters. The molecule has 0 fully saturated rings. The summed E-state index contributed by atoms with van der Waals surface area (Å²) in [6, 6.07) is 1.84. The molecular formula is C13H21N3O. The summed E-state index contributed by atoms with van der Waals surface area (Å²) in [5, 5.41) is 3.15. The second kappa shape index (κ2) is 6.89. The van der Waals surface area contributed by atoms with Gasteiger partial charge >= 0.3 is 0 Å². The summed E-state index contributed by atoms with van der Waals surface area (Å²) in [5.41, 5.74) is 2.02. The molecule has 1 heterocycles. The molecule has 17 heavy (non-hydrogen) atoms. The first-order valence-electron chi connectivity index (χ1n) is 5.98. The Morgan fingerprint density at radius 2 is 2.24 bits per heavy atom. The zero-order valence-electron chi connectivity index (χ0n) is 10.9. The van der Waals surface area contributed by atoms with E-state index in [-0.39, 0.29) is 0 Å². The minimum atomic E-state index is 0.610. The van der Waals surface area contributed by atoms with Gasteiger partial charge in [-0.05, 0) is 20.3 Å². The number of hydrogen-bond donors (Lipinski definition) is 1. The molecular weight excluding hydrogens is 214 g/mol. The van der Waals surface area contributed by atoms with Crippen molar-refractivity contribution in [1.82, 2.24) is 9.97 Å². The van der Waals surface area contributed by atoms with E-state index < -0.39 is 0 Å². The molecule has 0 aliphatic rings. The van der Waals surface area contributed by atoms with E-state index in [1.165, 1.54) is 0 Å². The van der Waals surface area contributed by atoms with E-state index in [4.69, 9.17) is 4.74 Å². The molecule has 0 spiro atoms. The van der Waals surface area contributed by atoms with Crippen LogP contribution in [-0.2, 0) is 0 Å². The van der Waals surface area contributed by atoms with Crippen molar-refractivity contribution >= 4 is 5.95 Å². The topological polar surface area (TPSA) is 47.0 Å². The molecule has 0 radical (unpaired) electrons. The largest absolute Gasteiger partial charge is 0.477 e. The predicted octanol–water partition coefficient (Wildman–Crippen LogP) is 2.95. The second-order valence-electron chi connectivity index (χ2n) is 4.15. The van der Waals surface area contributed by atoms with Gasteiger partial charge in [-0.3, -0.25) is 0 Å². The highest BCUT2D eigenvalue weighted by molar-refractivity contribution is 5.30. The van der Waals surface area contributed by atoms with Crippen LogP contribution < -0.4 is 10.1 Å². The fourth-order valence-corrected chi connectivity index (χ4v) is 1.26. The van der Waals surface area contributed by atoms with Crippen molar-refractivity contribution < 1.29 is 4.74 Å². The molecule has 1 N–H and O–H groups in total. The normalized spacial score (nSPS) is 10.1. The van der Waals surface area contributed by atoms with Crippen molar-refractivity contribution in [3.8, 4) is 5.88 Å². The minimum Gasteiger partial charge on any atom is -0.477 e. The van der Waals surface area contributed by atoms with Crippen LogP contribution in [0.1, 0.15) is 32.4 Å². The lowest BCUT2D eigenvalue weighted by molar-refractivity contribution is 0.309. The monoisotopic (exact) mass is 235 g/mol.